The minimum atomic E-state index is -0.459. The Kier molecular flexibility index (Phi) is 3.28. The summed E-state index contributed by atoms with van der Waals surface area (Å²) in [6, 6.07) is 4.17. The van der Waals surface area contributed by atoms with Crippen LogP contribution in [0, 0.1) is 5.82 Å². The van der Waals surface area contributed by atoms with Gasteiger partial charge in [-0.1, -0.05) is 0 Å². The quantitative estimate of drug-likeness (QED) is 0.798. The molecule has 1 amide bonds. The predicted octanol–water partition coefficient (Wildman–Crippen LogP) is 2.63. The fraction of sp³-hybridized carbons (Fsp3) is 0.417. The van der Waals surface area contributed by atoms with Crippen molar-refractivity contribution in [3.05, 3.63) is 24.0 Å². The van der Waals surface area contributed by atoms with Gasteiger partial charge in [-0.2, -0.15) is 0 Å². The summed E-state index contributed by atoms with van der Waals surface area (Å²) in [5.74, 6) is 0.368. The third kappa shape index (κ3) is 2.54. The monoisotopic (exact) mass is 254 g/mol. The molecule has 3 nitrogen and oxygen atoms in total. The average Bonchev–Trinajstić information content (AvgIpc) is 2.72. The number of nitrogens with one attached hydrogen (secondary N) is 1. The number of hydrogen-bond acceptors (Lipinski definition) is 3. The van der Waals surface area contributed by atoms with Crippen molar-refractivity contribution in [1.29, 1.82) is 0 Å². The minimum Gasteiger partial charge on any atom is -0.399 e. The molecular weight excluding hydrogens is 239 g/mol. The molecule has 0 radical (unpaired) electrons. The second kappa shape index (κ2) is 4.56. The van der Waals surface area contributed by atoms with Crippen LogP contribution in [0.1, 0.15) is 19.8 Å². The van der Waals surface area contributed by atoms with Crippen LogP contribution in [-0.4, -0.2) is 16.4 Å². The first-order valence-electron chi connectivity index (χ1n) is 5.52. The van der Waals surface area contributed by atoms with Gasteiger partial charge in [0.15, 0.2) is 0 Å². The van der Waals surface area contributed by atoms with Gasteiger partial charge in [0.2, 0.25) is 5.91 Å². The zero-order valence-electron chi connectivity index (χ0n) is 9.63. The summed E-state index contributed by atoms with van der Waals surface area (Å²) < 4.78 is 13.0. The molecule has 1 aromatic rings. The summed E-state index contributed by atoms with van der Waals surface area (Å²) in [6.07, 6.45) is 1.85. The Bertz CT molecular complexity index is 444. The van der Waals surface area contributed by atoms with Gasteiger partial charge in [-0.25, -0.2) is 4.39 Å². The van der Waals surface area contributed by atoms with Crippen molar-refractivity contribution in [2.24, 2.45) is 0 Å². The number of carbonyl (C=O) groups excluding carboxylic acids is 1. The van der Waals surface area contributed by atoms with Gasteiger partial charge in [0.25, 0.3) is 0 Å². The maximum Gasteiger partial charge on any atom is 0.240 e. The first kappa shape index (κ1) is 12.2. The molecular formula is C12H15FN2OS. The molecule has 92 valence electrons. The Morgan fingerprint density at radius 3 is 3.00 bits per heavy atom. The highest BCUT2D eigenvalue weighted by atomic mass is 32.2. The van der Waals surface area contributed by atoms with Gasteiger partial charge in [0.05, 0.1) is 10.4 Å². The van der Waals surface area contributed by atoms with Crippen molar-refractivity contribution in [3.8, 4) is 0 Å². The van der Waals surface area contributed by atoms with Gasteiger partial charge in [-0.3, -0.25) is 4.79 Å². The van der Waals surface area contributed by atoms with Crippen LogP contribution in [-0.2, 0) is 4.79 Å². The Morgan fingerprint density at radius 2 is 2.35 bits per heavy atom. The van der Waals surface area contributed by atoms with Crippen LogP contribution < -0.4 is 11.1 Å². The maximum absolute atomic E-state index is 13.5. The van der Waals surface area contributed by atoms with E-state index in [2.05, 4.69) is 5.32 Å². The minimum absolute atomic E-state index is 0.149. The topological polar surface area (TPSA) is 55.1 Å². The number of amides is 1. The highest BCUT2D eigenvalue weighted by Gasteiger charge is 2.37. The van der Waals surface area contributed by atoms with E-state index in [0.717, 1.165) is 18.6 Å². The highest BCUT2D eigenvalue weighted by molar-refractivity contribution is 8.01. The number of benzene rings is 1. The number of rotatable bonds is 2. The van der Waals surface area contributed by atoms with Crippen LogP contribution in [0.25, 0.3) is 0 Å². The predicted molar refractivity (Wildman–Crippen MR) is 69.5 cm³/mol. The van der Waals surface area contributed by atoms with Crippen LogP contribution in [0.15, 0.2) is 18.2 Å². The number of carbonyl (C=O) groups is 1. The molecule has 1 atom stereocenters. The molecule has 1 fully saturated rings. The van der Waals surface area contributed by atoms with Gasteiger partial charge in [0.1, 0.15) is 5.82 Å². The Morgan fingerprint density at radius 1 is 1.59 bits per heavy atom. The summed E-state index contributed by atoms with van der Waals surface area (Å²) in [7, 11) is 0. The van der Waals surface area contributed by atoms with Crippen molar-refractivity contribution >= 4 is 29.0 Å². The van der Waals surface area contributed by atoms with E-state index in [-0.39, 0.29) is 11.6 Å². The number of thioether (sulfide) groups is 1. The lowest BCUT2D eigenvalue weighted by Crippen LogP contribution is -2.34. The normalized spacial score (nSPS) is 23.6. The summed E-state index contributed by atoms with van der Waals surface area (Å²) in [4.78, 5) is 12.1. The van der Waals surface area contributed by atoms with Crippen LogP contribution in [0.2, 0.25) is 0 Å². The second-order valence-corrected chi connectivity index (χ2v) is 5.97. The summed E-state index contributed by atoms with van der Waals surface area (Å²) in [5.41, 5.74) is 6.16. The fourth-order valence-electron chi connectivity index (χ4n) is 1.85. The van der Waals surface area contributed by atoms with Crippen molar-refractivity contribution in [2.45, 2.75) is 24.5 Å². The number of hydrogen-bond donors (Lipinski definition) is 2. The smallest absolute Gasteiger partial charge is 0.240 e. The molecule has 17 heavy (non-hydrogen) atoms. The lowest BCUT2D eigenvalue weighted by molar-refractivity contribution is -0.118. The first-order valence-corrected chi connectivity index (χ1v) is 6.50. The van der Waals surface area contributed by atoms with Crippen LogP contribution in [0.3, 0.4) is 0 Å². The molecule has 2 rings (SSSR count). The van der Waals surface area contributed by atoms with Gasteiger partial charge in [-0.05, 0) is 43.7 Å². The fourth-order valence-corrected chi connectivity index (χ4v) is 3.06. The first-order chi connectivity index (χ1) is 8.01. The second-order valence-electron chi connectivity index (χ2n) is 4.38. The molecule has 5 heteroatoms. The number of nitrogen functional groups attached to an aromatic ring is 1. The number of nitrogens with two attached hydrogens (primary N) is 1. The Hall–Kier alpha value is -1.23. The van der Waals surface area contributed by atoms with E-state index in [0.29, 0.717) is 5.69 Å². The molecule has 0 aliphatic carbocycles. The Labute approximate surface area is 104 Å². The summed E-state index contributed by atoms with van der Waals surface area (Å²) in [6.45, 7) is 1.89. The SMILES string of the molecule is CC1(C(=O)Nc2cc(N)ccc2F)CCCS1. The van der Waals surface area contributed by atoms with E-state index < -0.39 is 10.6 Å². The molecule has 1 unspecified atom stereocenters. The van der Waals surface area contributed by atoms with E-state index >= 15 is 0 Å². The standard InChI is InChI=1S/C12H15FN2OS/c1-12(5-2-6-17-12)11(16)15-10-7-8(14)3-4-9(10)13/h3-4,7H,2,5-6,14H2,1H3,(H,15,16). The van der Waals surface area contributed by atoms with E-state index in [9.17, 15) is 9.18 Å². The molecule has 0 aromatic heterocycles. The van der Waals surface area contributed by atoms with Gasteiger partial charge in [0, 0.05) is 5.69 Å². The number of anilines is 2. The third-order valence-corrected chi connectivity index (χ3v) is 4.46. The lowest BCUT2D eigenvalue weighted by Gasteiger charge is -2.21. The summed E-state index contributed by atoms with van der Waals surface area (Å²) >= 11 is 1.62. The zero-order valence-corrected chi connectivity index (χ0v) is 10.4. The molecule has 1 aliphatic heterocycles. The van der Waals surface area contributed by atoms with Gasteiger partial charge < -0.3 is 11.1 Å². The highest BCUT2D eigenvalue weighted by Crippen LogP contribution is 2.38. The lowest BCUT2D eigenvalue weighted by atomic mass is 10.0. The average molecular weight is 254 g/mol. The van der Waals surface area contributed by atoms with Gasteiger partial charge >= 0.3 is 0 Å². The Balaban J connectivity index is 2.15. The molecule has 0 spiro atoms. The van der Waals surface area contributed by atoms with Crippen molar-refractivity contribution in [3.63, 3.8) is 0 Å². The van der Waals surface area contributed by atoms with Crippen LogP contribution in [0.4, 0.5) is 15.8 Å². The molecule has 3 N–H and O–H groups in total. The summed E-state index contributed by atoms with van der Waals surface area (Å²) in [5, 5.41) is 2.62. The number of halogens is 1. The largest absolute Gasteiger partial charge is 0.399 e. The third-order valence-electron chi connectivity index (χ3n) is 2.94. The molecule has 1 saturated heterocycles. The zero-order chi connectivity index (χ0) is 12.5. The van der Waals surface area contributed by atoms with E-state index in [1.54, 1.807) is 11.8 Å². The molecule has 1 heterocycles. The van der Waals surface area contributed by atoms with Crippen molar-refractivity contribution in [2.75, 3.05) is 16.8 Å². The molecule has 1 aliphatic rings. The maximum atomic E-state index is 13.5. The van der Waals surface area contributed by atoms with E-state index in [1.165, 1.54) is 18.2 Å². The molecule has 0 bridgehead atoms. The molecule has 1 aromatic carbocycles. The van der Waals surface area contributed by atoms with Crippen molar-refractivity contribution in [1.82, 2.24) is 0 Å². The van der Waals surface area contributed by atoms with E-state index in [1.807, 2.05) is 6.92 Å². The van der Waals surface area contributed by atoms with Gasteiger partial charge in [-0.15, -0.1) is 11.8 Å². The van der Waals surface area contributed by atoms with E-state index in [4.69, 9.17) is 5.73 Å². The van der Waals surface area contributed by atoms with Crippen LogP contribution >= 0.6 is 11.8 Å². The molecule has 0 saturated carbocycles. The van der Waals surface area contributed by atoms with Crippen LogP contribution in [0.5, 0.6) is 0 Å². The van der Waals surface area contributed by atoms with Crippen molar-refractivity contribution < 1.29 is 9.18 Å².